The molecule has 0 atom stereocenters. The normalized spacial score (nSPS) is 10.8. The third-order valence-electron chi connectivity index (χ3n) is 3.23. The molecule has 0 unspecified atom stereocenters. The minimum absolute atomic E-state index is 0.0143. The van der Waals surface area contributed by atoms with Crippen molar-refractivity contribution in [3.8, 4) is 0 Å². The van der Waals surface area contributed by atoms with E-state index in [0.717, 1.165) is 21.5 Å². The summed E-state index contributed by atoms with van der Waals surface area (Å²) in [6.45, 7) is 0.591. The predicted molar refractivity (Wildman–Crippen MR) is 107 cm³/mol. The second-order valence-electron chi connectivity index (χ2n) is 4.92. The van der Waals surface area contributed by atoms with Crippen LogP contribution in [-0.4, -0.2) is 24.9 Å². The lowest BCUT2D eigenvalue weighted by Gasteiger charge is -2.10. The number of amides is 1. The van der Waals surface area contributed by atoms with E-state index in [1.807, 2.05) is 46.9 Å². The number of nitrogens with zero attached hydrogens (tertiary/aromatic N) is 3. The Labute approximate surface area is 165 Å². The maximum atomic E-state index is 11.4. The Morgan fingerprint density at radius 3 is 2.79 bits per heavy atom. The zero-order valence-corrected chi connectivity index (χ0v) is 16.8. The molecule has 2 heterocycles. The largest absolute Gasteiger partial charge is 0.366 e. The number of carbonyl (C=O) groups excluding carboxylic acids is 1. The van der Waals surface area contributed by atoms with Crippen LogP contribution in [0.2, 0.25) is 5.15 Å². The molecule has 2 aromatic heterocycles. The predicted octanol–water partition coefficient (Wildman–Crippen LogP) is 4.13. The van der Waals surface area contributed by atoms with E-state index in [1.54, 1.807) is 16.8 Å². The second kappa shape index (κ2) is 7.66. The first kappa shape index (κ1) is 17.4. The van der Waals surface area contributed by atoms with Gasteiger partial charge in [-0.2, -0.15) is 9.61 Å². The van der Waals surface area contributed by atoms with E-state index in [9.17, 15) is 4.79 Å². The average molecular weight is 521 g/mol. The summed E-state index contributed by atoms with van der Waals surface area (Å²) >= 11 is 11.5. The Hall–Kier alpha value is -1.39. The number of carbonyl (C=O) groups is 1. The quantitative estimate of drug-likeness (QED) is 0.302. The van der Waals surface area contributed by atoms with Gasteiger partial charge in [0.05, 0.1) is 15.1 Å². The summed E-state index contributed by atoms with van der Waals surface area (Å²) in [5.74, 6) is 0.734. The maximum absolute atomic E-state index is 11.4. The van der Waals surface area contributed by atoms with E-state index >= 15 is 0 Å². The van der Waals surface area contributed by atoms with Crippen molar-refractivity contribution in [1.29, 1.82) is 0 Å². The molecule has 1 amide bonds. The first-order valence-corrected chi connectivity index (χ1v) is 9.65. The molecule has 124 valence electrons. The van der Waals surface area contributed by atoms with Gasteiger partial charge in [-0.25, -0.2) is 4.98 Å². The highest BCUT2D eigenvalue weighted by Crippen LogP contribution is 2.22. The Bertz CT molecular complexity index is 883. The lowest BCUT2D eigenvalue weighted by molar-refractivity contribution is -0.113. The van der Waals surface area contributed by atoms with Crippen LogP contribution < -0.4 is 10.6 Å². The van der Waals surface area contributed by atoms with Crippen molar-refractivity contribution in [3.05, 3.63) is 51.7 Å². The molecule has 3 aromatic rings. The molecule has 0 radical (unpaired) electrons. The van der Waals surface area contributed by atoms with Crippen molar-refractivity contribution in [2.45, 2.75) is 6.54 Å². The highest BCUT2D eigenvalue weighted by atomic mass is 127. The van der Waals surface area contributed by atoms with Crippen LogP contribution in [0.3, 0.4) is 0 Å². The maximum Gasteiger partial charge on any atom is 0.234 e. The molecule has 9 heteroatoms. The summed E-state index contributed by atoms with van der Waals surface area (Å²) in [7, 11) is 0. The third kappa shape index (κ3) is 3.98. The highest BCUT2D eigenvalue weighted by molar-refractivity contribution is 14.1. The van der Waals surface area contributed by atoms with Crippen LogP contribution in [0, 0.1) is 0 Å². The van der Waals surface area contributed by atoms with Crippen molar-refractivity contribution in [3.63, 3.8) is 0 Å². The van der Waals surface area contributed by atoms with Crippen LogP contribution in [0.5, 0.6) is 0 Å². The molecule has 0 aliphatic carbocycles. The van der Waals surface area contributed by atoms with E-state index in [0.29, 0.717) is 21.8 Å². The third-order valence-corrected chi connectivity index (χ3v) is 4.68. The van der Waals surface area contributed by atoms with Gasteiger partial charge in [0.1, 0.15) is 11.0 Å². The van der Waals surface area contributed by atoms with Gasteiger partial charge in [0.2, 0.25) is 5.91 Å². The van der Waals surface area contributed by atoms with Gasteiger partial charge in [-0.3, -0.25) is 4.79 Å². The minimum atomic E-state index is -0.0143. The van der Waals surface area contributed by atoms with Crippen LogP contribution in [0.4, 0.5) is 11.5 Å². The summed E-state index contributed by atoms with van der Waals surface area (Å²) in [6, 6.07) is 9.38. The molecular formula is C15H12BrClIN5O. The second-order valence-corrected chi connectivity index (χ2v) is 6.93. The summed E-state index contributed by atoms with van der Waals surface area (Å²) in [4.78, 5) is 15.6. The van der Waals surface area contributed by atoms with Gasteiger partial charge < -0.3 is 10.6 Å². The summed E-state index contributed by atoms with van der Waals surface area (Å²) in [6.07, 6.45) is 1.68. The fourth-order valence-corrected chi connectivity index (χ4v) is 2.85. The van der Waals surface area contributed by atoms with Gasteiger partial charge in [-0.05, 0) is 33.6 Å². The van der Waals surface area contributed by atoms with Crippen molar-refractivity contribution >= 4 is 73.2 Å². The van der Waals surface area contributed by atoms with Crippen molar-refractivity contribution in [2.75, 3.05) is 15.1 Å². The summed E-state index contributed by atoms with van der Waals surface area (Å²) < 4.78 is 2.90. The number of halogens is 3. The van der Waals surface area contributed by atoms with E-state index in [4.69, 9.17) is 11.6 Å². The van der Waals surface area contributed by atoms with Gasteiger partial charge >= 0.3 is 0 Å². The Morgan fingerprint density at radius 1 is 1.33 bits per heavy atom. The van der Waals surface area contributed by atoms with Gasteiger partial charge in [0, 0.05) is 18.3 Å². The molecule has 2 N–H and O–H groups in total. The van der Waals surface area contributed by atoms with Gasteiger partial charge in [0.15, 0.2) is 5.65 Å². The Morgan fingerprint density at radius 2 is 2.08 bits per heavy atom. The monoisotopic (exact) mass is 519 g/mol. The molecule has 0 bridgehead atoms. The number of hydrogen-bond donors (Lipinski definition) is 2. The fourth-order valence-electron chi connectivity index (χ4n) is 2.13. The van der Waals surface area contributed by atoms with E-state index in [2.05, 4.69) is 36.6 Å². The molecule has 0 aliphatic heterocycles. The zero-order chi connectivity index (χ0) is 17.1. The van der Waals surface area contributed by atoms with Crippen molar-refractivity contribution in [2.24, 2.45) is 0 Å². The average Bonchev–Trinajstić information content (AvgIpc) is 2.95. The number of alkyl halides is 1. The molecule has 0 fully saturated rings. The zero-order valence-electron chi connectivity index (χ0n) is 12.3. The molecule has 0 saturated heterocycles. The SMILES string of the molecule is O=C(CI)Nc1ccc(CNc2cc(Cl)nc3c(Br)cnn23)cc1. The first-order valence-electron chi connectivity index (χ1n) is 6.95. The fraction of sp³-hybridized carbons (Fsp3) is 0.133. The first-order chi connectivity index (χ1) is 11.6. The number of benzene rings is 1. The lowest BCUT2D eigenvalue weighted by atomic mass is 10.2. The standard InChI is InChI=1S/C15H12BrClIN5O/c16-11-8-20-23-13(5-12(17)22-15(11)23)19-7-9-1-3-10(4-2-9)21-14(24)6-18/h1-5,8,19H,6-7H2,(H,21,24). The number of anilines is 2. The van der Waals surface area contributed by atoms with E-state index in [-0.39, 0.29) is 5.91 Å². The molecule has 0 saturated carbocycles. The van der Waals surface area contributed by atoms with E-state index in [1.165, 1.54) is 0 Å². The molecule has 0 aliphatic rings. The number of nitrogens with one attached hydrogen (secondary N) is 2. The van der Waals surface area contributed by atoms with Crippen LogP contribution in [0.1, 0.15) is 5.56 Å². The Balaban J connectivity index is 1.73. The molecule has 6 nitrogen and oxygen atoms in total. The topological polar surface area (TPSA) is 71.3 Å². The minimum Gasteiger partial charge on any atom is -0.366 e. The van der Waals surface area contributed by atoms with Crippen LogP contribution in [0.25, 0.3) is 5.65 Å². The molecular weight excluding hydrogens is 508 g/mol. The van der Waals surface area contributed by atoms with Crippen LogP contribution in [-0.2, 0) is 11.3 Å². The smallest absolute Gasteiger partial charge is 0.234 e. The van der Waals surface area contributed by atoms with Gasteiger partial charge in [-0.15, -0.1) is 0 Å². The molecule has 0 spiro atoms. The lowest BCUT2D eigenvalue weighted by Crippen LogP contribution is -2.12. The van der Waals surface area contributed by atoms with Crippen LogP contribution >= 0.6 is 50.1 Å². The van der Waals surface area contributed by atoms with E-state index < -0.39 is 0 Å². The van der Waals surface area contributed by atoms with Crippen molar-refractivity contribution in [1.82, 2.24) is 14.6 Å². The number of aromatic nitrogens is 3. The highest BCUT2D eigenvalue weighted by Gasteiger charge is 2.09. The molecule has 24 heavy (non-hydrogen) atoms. The van der Waals surface area contributed by atoms with Gasteiger partial charge in [-0.1, -0.05) is 46.3 Å². The summed E-state index contributed by atoms with van der Waals surface area (Å²) in [5.41, 5.74) is 2.50. The number of rotatable bonds is 5. The number of hydrogen-bond acceptors (Lipinski definition) is 4. The Kier molecular flexibility index (Phi) is 5.57. The molecule has 3 rings (SSSR count). The number of fused-ring (bicyclic) bond motifs is 1. The molecule has 1 aromatic carbocycles. The van der Waals surface area contributed by atoms with Gasteiger partial charge in [0.25, 0.3) is 0 Å². The van der Waals surface area contributed by atoms with Crippen LogP contribution in [0.15, 0.2) is 41.0 Å². The summed E-state index contributed by atoms with van der Waals surface area (Å²) in [5, 5.41) is 10.8. The van der Waals surface area contributed by atoms with Crippen molar-refractivity contribution < 1.29 is 4.79 Å².